The predicted octanol–water partition coefficient (Wildman–Crippen LogP) is 1.12. The summed E-state index contributed by atoms with van der Waals surface area (Å²) in [6, 6.07) is 10.9. The molecule has 2 heterocycles. The normalized spacial score (nSPS) is 16.2. The highest BCUT2D eigenvalue weighted by molar-refractivity contribution is 5.93. The fourth-order valence-electron chi connectivity index (χ4n) is 3.32. The number of pyridine rings is 1. The van der Waals surface area contributed by atoms with Crippen LogP contribution < -0.4 is 20.1 Å². The van der Waals surface area contributed by atoms with Crippen molar-refractivity contribution in [1.82, 2.24) is 0 Å². The second-order valence-corrected chi connectivity index (χ2v) is 7.01. The molecule has 0 saturated carbocycles. The van der Waals surface area contributed by atoms with Gasteiger partial charge < -0.3 is 10.2 Å². The fraction of sp³-hybridized carbons (Fsp3) is 0.350. The van der Waals surface area contributed by atoms with E-state index < -0.39 is 11.7 Å². The number of piperazine rings is 1. The first-order valence-corrected chi connectivity index (χ1v) is 9.27. The van der Waals surface area contributed by atoms with Gasteiger partial charge in [0.1, 0.15) is 32.4 Å². The van der Waals surface area contributed by atoms with E-state index in [1.807, 2.05) is 17.9 Å². The van der Waals surface area contributed by atoms with Crippen molar-refractivity contribution in [2.45, 2.75) is 19.1 Å². The van der Waals surface area contributed by atoms with Crippen LogP contribution in [-0.4, -0.2) is 38.1 Å². The number of carbonyl (C=O) groups is 1. The van der Waals surface area contributed by atoms with Gasteiger partial charge in [-0.15, -0.1) is 0 Å². The number of anilines is 2. The molecule has 6 nitrogen and oxygen atoms in total. The number of alkyl halides is 3. The molecule has 0 spiro atoms. The minimum Gasteiger partial charge on any atom is -0.321 e. The minimum atomic E-state index is -4.37. The summed E-state index contributed by atoms with van der Waals surface area (Å²) >= 11 is 0. The number of rotatable bonds is 4. The van der Waals surface area contributed by atoms with E-state index in [1.54, 1.807) is 24.3 Å². The summed E-state index contributed by atoms with van der Waals surface area (Å²) in [6.45, 7) is 4.50. The van der Waals surface area contributed by atoms with Gasteiger partial charge >= 0.3 is 6.18 Å². The van der Waals surface area contributed by atoms with Crippen LogP contribution in [0.4, 0.5) is 24.7 Å². The van der Waals surface area contributed by atoms with Crippen molar-refractivity contribution in [2.75, 3.05) is 36.4 Å². The van der Waals surface area contributed by atoms with Gasteiger partial charge in [-0.25, -0.2) is 4.98 Å². The highest BCUT2D eigenvalue weighted by atomic mass is 19.4. The van der Waals surface area contributed by atoms with Crippen molar-refractivity contribution in [3.8, 4) is 6.07 Å². The second kappa shape index (κ2) is 8.49. The number of amides is 1. The first kappa shape index (κ1) is 20.6. The van der Waals surface area contributed by atoms with Crippen molar-refractivity contribution < 1.29 is 27.8 Å². The third-order valence-corrected chi connectivity index (χ3v) is 5.16. The zero-order valence-electron chi connectivity index (χ0n) is 15.9. The smallest absolute Gasteiger partial charge is 0.321 e. The van der Waals surface area contributed by atoms with Crippen LogP contribution in [0.3, 0.4) is 0 Å². The van der Waals surface area contributed by atoms with E-state index in [-0.39, 0.29) is 11.9 Å². The zero-order chi connectivity index (χ0) is 21.0. The Morgan fingerprint density at radius 2 is 1.86 bits per heavy atom. The molecule has 0 aliphatic carbocycles. The highest BCUT2D eigenvalue weighted by Gasteiger charge is 2.34. The SMILES string of the molecule is C[C@@H](C(=O)Nc1ccc(C#N)cc1)[NH+]1CCN(c2ccc(C(F)(F)F)c[nH+]2)CC1. The second-order valence-electron chi connectivity index (χ2n) is 7.01. The van der Waals surface area contributed by atoms with E-state index in [1.165, 1.54) is 6.07 Å². The van der Waals surface area contributed by atoms with Gasteiger partial charge in [0.05, 0.1) is 17.2 Å². The molecule has 1 saturated heterocycles. The van der Waals surface area contributed by atoms with E-state index in [2.05, 4.69) is 10.3 Å². The van der Waals surface area contributed by atoms with Crippen molar-refractivity contribution in [3.63, 3.8) is 0 Å². The van der Waals surface area contributed by atoms with Crippen molar-refractivity contribution in [1.29, 1.82) is 5.26 Å². The highest BCUT2D eigenvalue weighted by Crippen LogP contribution is 2.28. The van der Waals surface area contributed by atoms with Gasteiger partial charge in [0, 0.05) is 11.8 Å². The number of carbonyl (C=O) groups excluding carboxylic acids is 1. The topological polar surface area (TPSA) is 74.7 Å². The summed E-state index contributed by atoms with van der Waals surface area (Å²) in [4.78, 5) is 18.3. The predicted molar refractivity (Wildman–Crippen MR) is 100 cm³/mol. The standard InChI is InChI=1S/C20H20F3N5O/c1-14(19(29)26-17-5-2-15(12-24)3-6-17)27-8-10-28(11-9-27)18-7-4-16(13-25-18)20(21,22)23/h2-7,13-14H,8-11H2,1H3,(H,26,29)/p+2/t14-/m0/s1. The number of nitrogens with zero attached hydrogens (tertiary/aromatic N) is 2. The molecule has 1 atom stereocenters. The van der Waals surface area contributed by atoms with E-state index in [0.29, 0.717) is 43.2 Å². The van der Waals surface area contributed by atoms with Crippen LogP contribution in [0.1, 0.15) is 18.1 Å². The molecular formula is C20H22F3N5O+2. The first-order valence-electron chi connectivity index (χ1n) is 9.27. The number of benzene rings is 1. The van der Waals surface area contributed by atoms with Crippen LogP contribution in [0.15, 0.2) is 42.6 Å². The van der Waals surface area contributed by atoms with E-state index in [0.717, 1.165) is 17.2 Å². The van der Waals surface area contributed by atoms with Crippen LogP contribution >= 0.6 is 0 Å². The van der Waals surface area contributed by atoms with Gasteiger partial charge in [0.15, 0.2) is 6.04 Å². The maximum Gasteiger partial charge on any atom is 0.419 e. The van der Waals surface area contributed by atoms with Crippen LogP contribution in [0, 0.1) is 11.3 Å². The number of quaternary nitrogens is 1. The molecule has 0 radical (unpaired) electrons. The number of hydrogen-bond donors (Lipinski definition) is 2. The Bertz CT molecular complexity index is 882. The maximum atomic E-state index is 12.7. The lowest BCUT2D eigenvalue weighted by Crippen LogP contribution is -3.19. The lowest BCUT2D eigenvalue weighted by atomic mass is 10.2. The van der Waals surface area contributed by atoms with Crippen LogP contribution in [0.2, 0.25) is 0 Å². The Hall–Kier alpha value is -3.12. The van der Waals surface area contributed by atoms with Crippen LogP contribution in [0.25, 0.3) is 0 Å². The van der Waals surface area contributed by atoms with Crippen LogP contribution in [-0.2, 0) is 11.0 Å². The molecule has 2 aromatic rings. The van der Waals surface area contributed by atoms with Gasteiger partial charge in [-0.05, 0) is 37.3 Å². The van der Waals surface area contributed by atoms with Crippen LogP contribution in [0.5, 0.6) is 0 Å². The number of aromatic nitrogens is 1. The van der Waals surface area contributed by atoms with Gasteiger partial charge in [-0.2, -0.15) is 18.4 Å². The van der Waals surface area contributed by atoms with Gasteiger partial charge in [-0.1, -0.05) is 0 Å². The van der Waals surface area contributed by atoms with Gasteiger partial charge in [0.2, 0.25) is 0 Å². The molecule has 0 bridgehead atoms. The molecule has 1 aliphatic rings. The lowest BCUT2D eigenvalue weighted by Gasteiger charge is -2.31. The van der Waals surface area contributed by atoms with Gasteiger partial charge in [0.25, 0.3) is 11.7 Å². The monoisotopic (exact) mass is 405 g/mol. The molecule has 1 aliphatic heterocycles. The average Bonchev–Trinajstić information content (AvgIpc) is 2.73. The third kappa shape index (κ3) is 5.03. The molecule has 1 fully saturated rings. The van der Waals surface area contributed by atoms with Crippen molar-refractivity contribution in [3.05, 3.63) is 53.7 Å². The number of H-pyrrole nitrogens is 1. The number of halogens is 3. The Labute approximate surface area is 166 Å². The molecular weight excluding hydrogens is 383 g/mol. The molecule has 29 heavy (non-hydrogen) atoms. The number of nitriles is 1. The van der Waals surface area contributed by atoms with E-state index in [4.69, 9.17) is 5.26 Å². The molecule has 1 aromatic heterocycles. The zero-order valence-corrected chi connectivity index (χ0v) is 15.9. The Kier molecular flexibility index (Phi) is 6.03. The summed E-state index contributed by atoms with van der Waals surface area (Å²) in [7, 11) is 0. The number of hydrogen-bond acceptors (Lipinski definition) is 3. The van der Waals surface area contributed by atoms with E-state index >= 15 is 0 Å². The Morgan fingerprint density at radius 1 is 1.21 bits per heavy atom. The molecule has 152 valence electrons. The summed E-state index contributed by atoms with van der Waals surface area (Å²) < 4.78 is 38.0. The lowest BCUT2D eigenvalue weighted by molar-refractivity contribution is -0.914. The first-order chi connectivity index (χ1) is 13.8. The average molecular weight is 405 g/mol. The molecule has 0 unspecified atom stereocenters. The molecule has 1 aromatic carbocycles. The largest absolute Gasteiger partial charge is 0.419 e. The third-order valence-electron chi connectivity index (χ3n) is 5.16. The summed E-state index contributed by atoms with van der Waals surface area (Å²) in [6.07, 6.45) is -3.39. The molecule has 9 heteroatoms. The summed E-state index contributed by atoms with van der Waals surface area (Å²) in [5.41, 5.74) is 0.453. The summed E-state index contributed by atoms with van der Waals surface area (Å²) in [5, 5.41) is 11.7. The van der Waals surface area contributed by atoms with E-state index in [9.17, 15) is 18.0 Å². The van der Waals surface area contributed by atoms with Gasteiger partial charge in [-0.3, -0.25) is 9.69 Å². The number of aromatic amines is 1. The quantitative estimate of drug-likeness (QED) is 0.801. The number of nitrogens with one attached hydrogen (secondary N) is 3. The van der Waals surface area contributed by atoms with Crippen molar-refractivity contribution in [2.24, 2.45) is 0 Å². The van der Waals surface area contributed by atoms with Crippen molar-refractivity contribution >= 4 is 17.4 Å². The fourth-order valence-corrected chi connectivity index (χ4v) is 3.32. The maximum absolute atomic E-state index is 12.7. The molecule has 1 amide bonds. The Morgan fingerprint density at radius 3 is 2.38 bits per heavy atom. The molecule has 3 rings (SSSR count). The Balaban J connectivity index is 1.54. The molecule has 3 N–H and O–H groups in total. The minimum absolute atomic E-state index is 0.112. The summed E-state index contributed by atoms with van der Waals surface area (Å²) in [5.74, 6) is 0.519.